The molecule has 0 aliphatic rings. The third kappa shape index (κ3) is 6.89. The third-order valence-electron chi connectivity index (χ3n) is 5.04. The summed E-state index contributed by atoms with van der Waals surface area (Å²) in [6, 6.07) is 18.9. The molecule has 186 valence electrons. The van der Waals surface area contributed by atoms with Gasteiger partial charge in [-0.3, -0.25) is 19.7 Å². The second-order valence-electron chi connectivity index (χ2n) is 7.52. The highest BCUT2D eigenvalue weighted by molar-refractivity contribution is 9.10. The summed E-state index contributed by atoms with van der Waals surface area (Å²) in [5.74, 6) is -1.86. The molecule has 0 aromatic heterocycles. The molecule has 1 unspecified atom stereocenters. The number of methoxy groups -OCH3 is 1. The molecule has 0 radical (unpaired) electrons. The molecule has 2 N–H and O–H groups in total. The average Bonchev–Trinajstić information content (AvgIpc) is 2.88. The van der Waals surface area contributed by atoms with Gasteiger partial charge in [0.1, 0.15) is 12.5 Å². The van der Waals surface area contributed by atoms with E-state index in [1.165, 1.54) is 26.2 Å². The SMILES string of the molecule is COc1cc(C=NNC(=O)C(C)C(=O)Nc2ccccc2Br)c([N+](=O)[O-])cc1OCc1ccccc1. The van der Waals surface area contributed by atoms with Crippen molar-refractivity contribution in [2.75, 3.05) is 12.4 Å². The van der Waals surface area contributed by atoms with E-state index in [0.29, 0.717) is 10.2 Å². The minimum atomic E-state index is -1.08. The lowest BCUT2D eigenvalue weighted by atomic mass is 10.1. The van der Waals surface area contributed by atoms with Gasteiger partial charge in [-0.25, -0.2) is 5.43 Å². The van der Waals surface area contributed by atoms with E-state index < -0.39 is 22.7 Å². The normalized spacial score (nSPS) is 11.5. The van der Waals surface area contributed by atoms with Crippen LogP contribution in [0.1, 0.15) is 18.1 Å². The molecule has 0 spiro atoms. The predicted molar refractivity (Wildman–Crippen MR) is 138 cm³/mol. The Hall–Kier alpha value is -4.25. The van der Waals surface area contributed by atoms with Gasteiger partial charge < -0.3 is 14.8 Å². The summed E-state index contributed by atoms with van der Waals surface area (Å²) in [6.07, 6.45) is 1.11. The number of anilines is 1. The second kappa shape index (κ2) is 12.5. The van der Waals surface area contributed by atoms with Crippen molar-refractivity contribution < 1.29 is 24.0 Å². The van der Waals surface area contributed by atoms with E-state index in [1.54, 1.807) is 24.3 Å². The minimum absolute atomic E-state index is 0.0783. The van der Waals surface area contributed by atoms with Crippen molar-refractivity contribution in [1.82, 2.24) is 5.43 Å². The first-order valence-electron chi connectivity index (χ1n) is 10.7. The molecule has 3 aromatic carbocycles. The molecule has 2 amide bonds. The Morgan fingerprint density at radius 2 is 1.78 bits per heavy atom. The fraction of sp³-hybridized carbons (Fsp3) is 0.160. The highest BCUT2D eigenvalue weighted by atomic mass is 79.9. The van der Waals surface area contributed by atoms with Crippen LogP contribution in [0.2, 0.25) is 0 Å². The van der Waals surface area contributed by atoms with Gasteiger partial charge >= 0.3 is 0 Å². The Kier molecular flexibility index (Phi) is 9.12. The summed E-state index contributed by atoms with van der Waals surface area (Å²) in [5, 5.41) is 18.1. The molecule has 0 saturated carbocycles. The van der Waals surface area contributed by atoms with Crippen molar-refractivity contribution in [3.05, 3.63) is 92.4 Å². The lowest BCUT2D eigenvalue weighted by Gasteiger charge is -2.12. The van der Waals surface area contributed by atoms with Crippen LogP contribution in [-0.2, 0) is 16.2 Å². The van der Waals surface area contributed by atoms with E-state index in [2.05, 4.69) is 31.8 Å². The first-order valence-corrected chi connectivity index (χ1v) is 11.5. The number of carbonyl (C=O) groups is 2. The molecule has 0 fully saturated rings. The zero-order valence-corrected chi connectivity index (χ0v) is 21.0. The highest BCUT2D eigenvalue weighted by Gasteiger charge is 2.23. The molecule has 36 heavy (non-hydrogen) atoms. The maximum absolute atomic E-state index is 12.4. The quantitative estimate of drug-likeness (QED) is 0.162. The molecule has 0 heterocycles. The molecular formula is C25H23BrN4O6. The summed E-state index contributed by atoms with van der Waals surface area (Å²) in [6.45, 7) is 1.61. The number of halogens is 1. The number of nitro benzene ring substituents is 1. The van der Waals surface area contributed by atoms with Crippen molar-refractivity contribution in [3.63, 3.8) is 0 Å². The van der Waals surface area contributed by atoms with Gasteiger partial charge in [0, 0.05) is 4.47 Å². The van der Waals surface area contributed by atoms with Gasteiger partial charge in [-0.1, -0.05) is 42.5 Å². The minimum Gasteiger partial charge on any atom is -0.493 e. The van der Waals surface area contributed by atoms with Crippen LogP contribution < -0.4 is 20.2 Å². The van der Waals surface area contributed by atoms with Crippen molar-refractivity contribution >= 4 is 45.3 Å². The van der Waals surface area contributed by atoms with Gasteiger partial charge in [0.15, 0.2) is 11.5 Å². The molecule has 0 saturated heterocycles. The van der Waals surface area contributed by atoms with E-state index in [1.807, 2.05) is 30.3 Å². The lowest BCUT2D eigenvalue weighted by Crippen LogP contribution is -2.34. The highest BCUT2D eigenvalue weighted by Crippen LogP contribution is 2.34. The van der Waals surface area contributed by atoms with Gasteiger partial charge in [-0.2, -0.15) is 5.10 Å². The third-order valence-corrected chi connectivity index (χ3v) is 5.73. The van der Waals surface area contributed by atoms with E-state index in [-0.39, 0.29) is 29.4 Å². The number of hydrogen-bond donors (Lipinski definition) is 2. The first-order chi connectivity index (χ1) is 17.3. The maximum atomic E-state index is 12.4. The number of hydrogen-bond acceptors (Lipinski definition) is 7. The maximum Gasteiger partial charge on any atom is 0.282 e. The monoisotopic (exact) mass is 554 g/mol. The Bertz CT molecular complexity index is 1280. The van der Waals surface area contributed by atoms with Crippen LogP contribution in [-0.4, -0.2) is 30.1 Å². The average molecular weight is 555 g/mol. The largest absolute Gasteiger partial charge is 0.493 e. The van der Waals surface area contributed by atoms with Crippen LogP contribution in [0, 0.1) is 16.0 Å². The molecule has 3 rings (SSSR count). The molecule has 0 aliphatic heterocycles. The number of nitro groups is 1. The molecule has 0 bridgehead atoms. The van der Waals surface area contributed by atoms with E-state index >= 15 is 0 Å². The van der Waals surface area contributed by atoms with Gasteiger partial charge in [0.05, 0.1) is 35.6 Å². The van der Waals surface area contributed by atoms with E-state index in [0.717, 1.165) is 11.8 Å². The molecule has 11 heteroatoms. The van der Waals surface area contributed by atoms with Crippen molar-refractivity contribution in [2.45, 2.75) is 13.5 Å². The van der Waals surface area contributed by atoms with Gasteiger partial charge in [0.2, 0.25) is 5.91 Å². The zero-order chi connectivity index (χ0) is 26.1. The summed E-state index contributed by atoms with van der Waals surface area (Å²) in [4.78, 5) is 35.8. The molecular weight excluding hydrogens is 532 g/mol. The molecule has 3 aromatic rings. The van der Waals surface area contributed by atoms with Crippen LogP contribution >= 0.6 is 15.9 Å². The fourth-order valence-corrected chi connectivity index (χ4v) is 3.40. The number of hydrazone groups is 1. The van der Waals surface area contributed by atoms with Crippen LogP contribution in [0.5, 0.6) is 11.5 Å². The number of ether oxygens (including phenoxy) is 2. The first kappa shape index (κ1) is 26.4. The van der Waals surface area contributed by atoms with Crippen LogP contribution in [0.4, 0.5) is 11.4 Å². The number of amides is 2. The second-order valence-corrected chi connectivity index (χ2v) is 8.37. The molecule has 10 nitrogen and oxygen atoms in total. The number of para-hydroxylation sites is 1. The van der Waals surface area contributed by atoms with Gasteiger partial charge in [-0.05, 0) is 46.6 Å². The topological polar surface area (TPSA) is 132 Å². The Morgan fingerprint density at radius 1 is 1.08 bits per heavy atom. The molecule has 0 aliphatic carbocycles. The summed E-state index contributed by atoms with van der Waals surface area (Å²) >= 11 is 3.32. The predicted octanol–water partition coefficient (Wildman–Crippen LogP) is 4.67. The van der Waals surface area contributed by atoms with Crippen molar-refractivity contribution in [2.24, 2.45) is 11.0 Å². The Balaban J connectivity index is 1.70. The number of nitrogens with one attached hydrogen (secondary N) is 2. The van der Waals surface area contributed by atoms with E-state index in [9.17, 15) is 19.7 Å². The fourth-order valence-electron chi connectivity index (χ4n) is 3.02. The smallest absolute Gasteiger partial charge is 0.282 e. The Morgan fingerprint density at radius 3 is 2.44 bits per heavy atom. The number of nitrogens with zero attached hydrogens (tertiary/aromatic N) is 2. The summed E-state index contributed by atoms with van der Waals surface area (Å²) in [7, 11) is 1.41. The van der Waals surface area contributed by atoms with Gasteiger partial charge in [0.25, 0.3) is 11.6 Å². The van der Waals surface area contributed by atoms with Crippen molar-refractivity contribution in [3.8, 4) is 11.5 Å². The Labute approximate surface area is 215 Å². The lowest BCUT2D eigenvalue weighted by molar-refractivity contribution is -0.385. The van der Waals surface area contributed by atoms with Crippen LogP contribution in [0.3, 0.4) is 0 Å². The number of benzene rings is 3. The molecule has 1 atom stereocenters. The summed E-state index contributed by atoms with van der Waals surface area (Å²) in [5.41, 5.74) is 3.42. The number of carbonyl (C=O) groups excluding carboxylic acids is 2. The van der Waals surface area contributed by atoms with Crippen molar-refractivity contribution in [1.29, 1.82) is 0 Å². The number of rotatable bonds is 10. The summed E-state index contributed by atoms with van der Waals surface area (Å²) < 4.78 is 11.7. The van der Waals surface area contributed by atoms with E-state index in [4.69, 9.17) is 9.47 Å². The standard InChI is InChI=1S/C25H23BrN4O6/c1-16(24(31)28-20-11-7-6-10-19(20)26)25(32)29-27-14-18-12-22(35-2)23(13-21(18)30(33)34)36-15-17-8-4-3-5-9-17/h3-14,16H,15H2,1-2H3,(H,28,31)(H,29,32). The van der Waals surface area contributed by atoms with Gasteiger partial charge in [-0.15, -0.1) is 0 Å². The van der Waals surface area contributed by atoms with Crippen LogP contribution in [0.15, 0.2) is 76.3 Å². The zero-order valence-electron chi connectivity index (χ0n) is 19.4. The van der Waals surface area contributed by atoms with Crippen LogP contribution in [0.25, 0.3) is 0 Å².